The number of carboxylic acids is 1. The van der Waals surface area contributed by atoms with Crippen molar-refractivity contribution >= 4 is 17.0 Å². The second kappa shape index (κ2) is 3.10. The number of aromatic nitrogens is 3. The molecule has 0 aromatic carbocycles. The van der Waals surface area contributed by atoms with E-state index in [4.69, 9.17) is 5.11 Å². The van der Waals surface area contributed by atoms with Crippen LogP contribution in [-0.4, -0.2) is 25.6 Å². The first-order valence-corrected chi connectivity index (χ1v) is 4.14. The summed E-state index contributed by atoms with van der Waals surface area (Å²) in [5.41, 5.74) is 2.25. The molecule has 0 amide bonds. The summed E-state index contributed by atoms with van der Waals surface area (Å²) < 4.78 is 1.80. The lowest BCUT2D eigenvalue weighted by atomic mass is 10.2. The zero-order chi connectivity index (χ0) is 10.1. The number of carbonyl (C=O) groups is 1. The summed E-state index contributed by atoms with van der Waals surface area (Å²) in [6, 6.07) is 0. The van der Waals surface area contributed by atoms with Crippen LogP contribution in [0.25, 0.3) is 11.0 Å². The first-order valence-electron chi connectivity index (χ1n) is 4.14. The molecule has 2 aromatic rings. The molecule has 1 N–H and O–H groups in total. The van der Waals surface area contributed by atoms with Crippen LogP contribution >= 0.6 is 0 Å². The third-order valence-electron chi connectivity index (χ3n) is 2.04. The highest BCUT2D eigenvalue weighted by molar-refractivity contribution is 5.82. The van der Waals surface area contributed by atoms with E-state index in [0.717, 1.165) is 11.0 Å². The van der Waals surface area contributed by atoms with Gasteiger partial charge < -0.3 is 9.67 Å². The van der Waals surface area contributed by atoms with Crippen LogP contribution in [0.2, 0.25) is 0 Å². The first-order chi connectivity index (χ1) is 6.68. The fourth-order valence-electron chi connectivity index (χ4n) is 1.49. The van der Waals surface area contributed by atoms with E-state index in [0.29, 0.717) is 5.56 Å². The molecule has 5 nitrogen and oxygen atoms in total. The standard InChI is InChI=1S/C9H9N3O2/c1-12-5-11-7-4-10-3-6(9(7)12)2-8(13)14/h3-5H,2H2,1H3,(H,13,14). The van der Waals surface area contributed by atoms with Crippen LogP contribution in [0.3, 0.4) is 0 Å². The van der Waals surface area contributed by atoms with Gasteiger partial charge in [0.25, 0.3) is 0 Å². The van der Waals surface area contributed by atoms with Crippen molar-refractivity contribution in [3.05, 3.63) is 24.3 Å². The quantitative estimate of drug-likeness (QED) is 0.754. The van der Waals surface area contributed by atoms with Crippen molar-refractivity contribution < 1.29 is 9.90 Å². The maximum atomic E-state index is 10.6. The highest BCUT2D eigenvalue weighted by atomic mass is 16.4. The van der Waals surface area contributed by atoms with E-state index in [9.17, 15) is 4.79 Å². The lowest BCUT2D eigenvalue weighted by Gasteiger charge is -2.00. The van der Waals surface area contributed by atoms with Gasteiger partial charge in [-0.05, 0) is 0 Å². The molecule has 0 saturated heterocycles. The Kier molecular flexibility index (Phi) is 1.92. The van der Waals surface area contributed by atoms with Crippen LogP contribution in [0.5, 0.6) is 0 Å². The number of nitrogens with zero attached hydrogens (tertiary/aromatic N) is 3. The lowest BCUT2D eigenvalue weighted by molar-refractivity contribution is -0.136. The summed E-state index contributed by atoms with van der Waals surface area (Å²) in [6.45, 7) is 0. The van der Waals surface area contributed by atoms with Crippen LogP contribution in [0.15, 0.2) is 18.7 Å². The van der Waals surface area contributed by atoms with Gasteiger partial charge in [-0.15, -0.1) is 0 Å². The fourth-order valence-corrected chi connectivity index (χ4v) is 1.49. The van der Waals surface area contributed by atoms with Crippen molar-refractivity contribution in [1.82, 2.24) is 14.5 Å². The molecule has 2 rings (SSSR count). The minimum atomic E-state index is -0.861. The molecule has 0 saturated carbocycles. The highest BCUT2D eigenvalue weighted by Crippen LogP contribution is 2.15. The summed E-state index contributed by atoms with van der Waals surface area (Å²) in [4.78, 5) is 18.6. The van der Waals surface area contributed by atoms with Gasteiger partial charge in [-0.3, -0.25) is 9.78 Å². The van der Waals surface area contributed by atoms with Gasteiger partial charge in [-0.1, -0.05) is 0 Å². The van der Waals surface area contributed by atoms with E-state index in [1.807, 2.05) is 7.05 Å². The Balaban J connectivity index is 2.63. The van der Waals surface area contributed by atoms with Gasteiger partial charge in [0.2, 0.25) is 0 Å². The highest BCUT2D eigenvalue weighted by Gasteiger charge is 2.09. The first kappa shape index (κ1) is 8.68. The number of aliphatic carboxylic acids is 1. The van der Waals surface area contributed by atoms with Gasteiger partial charge in [0.05, 0.1) is 24.5 Å². The third-order valence-corrected chi connectivity index (χ3v) is 2.04. The zero-order valence-electron chi connectivity index (χ0n) is 7.64. The molecule has 0 unspecified atom stereocenters. The molecular weight excluding hydrogens is 182 g/mol. The van der Waals surface area contributed by atoms with Crippen LogP contribution < -0.4 is 0 Å². The normalized spacial score (nSPS) is 10.6. The maximum Gasteiger partial charge on any atom is 0.307 e. The van der Waals surface area contributed by atoms with Gasteiger partial charge >= 0.3 is 5.97 Å². The molecule has 2 aromatic heterocycles. The third kappa shape index (κ3) is 1.32. The Morgan fingerprint density at radius 1 is 1.57 bits per heavy atom. The van der Waals surface area contributed by atoms with Gasteiger partial charge in [0.15, 0.2) is 0 Å². The Hall–Kier alpha value is -1.91. The Morgan fingerprint density at radius 3 is 3.07 bits per heavy atom. The summed E-state index contributed by atoms with van der Waals surface area (Å²) in [6.07, 6.45) is 4.82. The molecule has 0 fully saturated rings. The minimum absolute atomic E-state index is 0.0239. The number of pyridine rings is 1. The van der Waals surface area contributed by atoms with Crippen molar-refractivity contribution in [2.75, 3.05) is 0 Å². The number of hydrogen-bond donors (Lipinski definition) is 1. The largest absolute Gasteiger partial charge is 0.481 e. The molecule has 0 aliphatic heterocycles. The van der Waals surface area contributed by atoms with Crippen LogP contribution in [0.1, 0.15) is 5.56 Å². The monoisotopic (exact) mass is 191 g/mol. The molecule has 2 heterocycles. The zero-order valence-corrected chi connectivity index (χ0v) is 7.64. The van der Waals surface area contributed by atoms with Crippen molar-refractivity contribution in [2.24, 2.45) is 7.05 Å². The molecule has 0 atom stereocenters. The molecule has 0 bridgehead atoms. The summed E-state index contributed by atoms with van der Waals surface area (Å²) in [5, 5.41) is 8.70. The van der Waals surface area contributed by atoms with Crippen molar-refractivity contribution in [3.8, 4) is 0 Å². The van der Waals surface area contributed by atoms with Gasteiger partial charge in [0.1, 0.15) is 5.52 Å². The molecule has 0 spiro atoms. The van der Waals surface area contributed by atoms with Crippen LogP contribution in [-0.2, 0) is 18.3 Å². The average molecular weight is 191 g/mol. The van der Waals surface area contributed by atoms with Crippen molar-refractivity contribution in [3.63, 3.8) is 0 Å². The molecule has 5 heteroatoms. The maximum absolute atomic E-state index is 10.6. The Labute approximate surface area is 80.0 Å². The van der Waals surface area contributed by atoms with E-state index in [1.54, 1.807) is 23.3 Å². The van der Waals surface area contributed by atoms with E-state index >= 15 is 0 Å². The Bertz CT molecular complexity index is 490. The summed E-state index contributed by atoms with van der Waals surface area (Å²) in [5.74, 6) is -0.861. The molecule has 0 radical (unpaired) electrons. The molecule has 14 heavy (non-hydrogen) atoms. The predicted molar refractivity (Wildman–Crippen MR) is 49.8 cm³/mol. The second-order valence-electron chi connectivity index (χ2n) is 3.09. The number of rotatable bonds is 2. The van der Waals surface area contributed by atoms with E-state index in [2.05, 4.69) is 9.97 Å². The van der Waals surface area contributed by atoms with Gasteiger partial charge in [-0.25, -0.2) is 4.98 Å². The number of hydrogen-bond acceptors (Lipinski definition) is 3. The van der Waals surface area contributed by atoms with E-state index in [1.165, 1.54) is 0 Å². The summed E-state index contributed by atoms with van der Waals surface area (Å²) >= 11 is 0. The smallest absolute Gasteiger partial charge is 0.307 e. The number of aryl methyl sites for hydroxylation is 1. The van der Waals surface area contributed by atoms with Crippen molar-refractivity contribution in [1.29, 1.82) is 0 Å². The van der Waals surface area contributed by atoms with Gasteiger partial charge in [-0.2, -0.15) is 0 Å². The van der Waals surface area contributed by atoms with Gasteiger partial charge in [0, 0.05) is 18.8 Å². The molecule has 72 valence electrons. The number of imidazole rings is 1. The fraction of sp³-hybridized carbons (Fsp3) is 0.222. The SMILES string of the molecule is Cn1cnc2cncc(CC(=O)O)c21. The minimum Gasteiger partial charge on any atom is -0.481 e. The number of fused-ring (bicyclic) bond motifs is 1. The molecular formula is C9H9N3O2. The lowest BCUT2D eigenvalue weighted by Crippen LogP contribution is -2.02. The second-order valence-corrected chi connectivity index (χ2v) is 3.09. The summed E-state index contributed by atoms with van der Waals surface area (Å²) in [7, 11) is 1.83. The number of carboxylic acid groups (broad SMARTS) is 1. The predicted octanol–water partition coefficient (Wildman–Crippen LogP) is 0.595. The average Bonchev–Trinajstić information content (AvgIpc) is 2.48. The Morgan fingerprint density at radius 2 is 2.36 bits per heavy atom. The molecule has 0 aliphatic rings. The van der Waals surface area contributed by atoms with E-state index in [-0.39, 0.29) is 6.42 Å². The van der Waals surface area contributed by atoms with Crippen LogP contribution in [0, 0.1) is 0 Å². The van der Waals surface area contributed by atoms with Crippen LogP contribution in [0.4, 0.5) is 0 Å². The molecule has 0 aliphatic carbocycles. The topological polar surface area (TPSA) is 68.0 Å². The van der Waals surface area contributed by atoms with Crippen molar-refractivity contribution in [2.45, 2.75) is 6.42 Å². The van der Waals surface area contributed by atoms with E-state index < -0.39 is 5.97 Å².